The van der Waals surface area contributed by atoms with Gasteiger partial charge < -0.3 is 20.1 Å². The molecule has 0 spiro atoms. The van der Waals surface area contributed by atoms with E-state index in [1.807, 2.05) is 0 Å². The summed E-state index contributed by atoms with van der Waals surface area (Å²) >= 11 is 0. The highest BCUT2D eigenvalue weighted by Gasteiger charge is 2.18. The summed E-state index contributed by atoms with van der Waals surface area (Å²) in [4.78, 5) is 27.5. The summed E-state index contributed by atoms with van der Waals surface area (Å²) in [6.07, 6.45) is 1.54. The van der Waals surface area contributed by atoms with Crippen LogP contribution in [0.3, 0.4) is 0 Å². The summed E-state index contributed by atoms with van der Waals surface area (Å²) in [6.45, 7) is -0.0600. The number of benzene rings is 1. The van der Waals surface area contributed by atoms with E-state index in [4.69, 9.17) is 9.47 Å². The number of carbonyl (C=O) groups excluding carboxylic acids is 2. The van der Waals surface area contributed by atoms with Gasteiger partial charge in [0.05, 0.1) is 12.8 Å². The molecule has 1 aliphatic rings. The largest absolute Gasteiger partial charge is 0.497 e. The Morgan fingerprint density at radius 1 is 1.36 bits per heavy atom. The van der Waals surface area contributed by atoms with Crippen LogP contribution >= 0.6 is 0 Å². The molecule has 7 heteroatoms. The third kappa shape index (κ3) is 2.83. The van der Waals surface area contributed by atoms with Gasteiger partial charge in [-0.2, -0.15) is 0 Å². The number of anilines is 2. The summed E-state index contributed by atoms with van der Waals surface area (Å²) < 4.78 is 10.4. The van der Waals surface area contributed by atoms with Crippen LogP contribution in [0.2, 0.25) is 0 Å². The minimum Gasteiger partial charge on any atom is -0.497 e. The number of ether oxygens (including phenoxy) is 2. The fraction of sp³-hybridized carbons (Fsp3) is 0.133. The third-order valence-electron chi connectivity index (χ3n) is 3.09. The predicted octanol–water partition coefficient (Wildman–Crippen LogP) is 1.67. The molecule has 2 heterocycles. The maximum atomic E-state index is 12.2. The summed E-state index contributed by atoms with van der Waals surface area (Å²) in [5, 5.41) is 5.34. The molecule has 2 N–H and O–H groups in total. The number of methoxy groups -OCH3 is 1. The van der Waals surface area contributed by atoms with Crippen molar-refractivity contribution in [3.63, 3.8) is 0 Å². The van der Waals surface area contributed by atoms with Crippen molar-refractivity contribution in [3.8, 4) is 11.5 Å². The van der Waals surface area contributed by atoms with Gasteiger partial charge in [0.25, 0.3) is 11.8 Å². The molecule has 0 radical (unpaired) electrons. The van der Waals surface area contributed by atoms with Crippen LogP contribution in [0.4, 0.5) is 11.5 Å². The molecular weight excluding hydrogens is 286 g/mol. The Morgan fingerprint density at radius 2 is 2.23 bits per heavy atom. The van der Waals surface area contributed by atoms with Crippen LogP contribution in [0.25, 0.3) is 0 Å². The van der Waals surface area contributed by atoms with Crippen LogP contribution in [0.1, 0.15) is 10.4 Å². The van der Waals surface area contributed by atoms with E-state index in [9.17, 15) is 9.59 Å². The second-order valence-electron chi connectivity index (χ2n) is 4.58. The van der Waals surface area contributed by atoms with Gasteiger partial charge >= 0.3 is 0 Å². The van der Waals surface area contributed by atoms with Crippen molar-refractivity contribution < 1.29 is 19.1 Å². The zero-order valence-electron chi connectivity index (χ0n) is 11.8. The molecule has 1 aromatic heterocycles. The van der Waals surface area contributed by atoms with Crippen LogP contribution in [-0.2, 0) is 4.79 Å². The van der Waals surface area contributed by atoms with E-state index in [-0.39, 0.29) is 18.4 Å². The van der Waals surface area contributed by atoms with Crippen LogP contribution < -0.4 is 20.1 Å². The third-order valence-corrected chi connectivity index (χ3v) is 3.09. The number of fused-ring (bicyclic) bond motifs is 1. The summed E-state index contributed by atoms with van der Waals surface area (Å²) in [5.41, 5.74) is 0.951. The molecule has 1 aromatic carbocycles. The minimum absolute atomic E-state index is 0.0600. The first-order valence-electron chi connectivity index (χ1n) is 6.54. The first-order valence-corrected chi connectivity index (χ1v) is 6.54. The van der Waals surface area contributed by atoms with Crippen LogP contribution in [-0.4, -0.2) is 30.5 Å². The van der Waals surface area contributed by atoms with Crippen molar-refractivity contribution in [2.24, 2.45) is 0 Å². The smallest absolute Gasteiger partial charge is 0.262 e. The second-order valence-corrected chi connectivity index (χ2v) is 4.58. The average Bonchev–Trinajstić information content (AvgIpc) is 2.54. The van der Waals surface area contributed by atoms with E-state index in [2.05, 4.69) is 15.6 Å². The van der Waals surface area contributed by atoms with Gasteiger partial charge in [-0.3, -0.25) is 9.59 Å². The van der Waals surface area contributed by atoms with E-state index in [1.165, 1.54) is 7.11 Å². The lowest BCUT2D eigenvalue weighted by Crippen LogP contribution is -2.25. The van der Waals surface area contributed by atoms with Crippen molar-refractivity contribution >= 4 is 23.3 Å². The maximum absolute atomic E-state index is 12.2. The van der Waals surface area contributed by atoms with E-state index < -0.39 is 0 Å². The van der Waals surface area contributed by atoms with E-state index in [1.54, 1.807) is 36.5 Å². The van der Waals surface area contributed by atoms with Gasteiger partial charge in [0.2, 0.25) is 0 Å². The second kappa shape index (κ2) is 5.72. The van der Waals surface area contributed by atoms with Gasteiger partial charge in [-0.1, -0.05) is 0 Å². The summed E-state index contributed by atoms with van der Waals surface area (Å²) in [5.74, 6) is 0.901. The molecule has 2 amide bonds. The molecule has 0 saturated heterocycles. The number of hydrogen-bond acceptors (Lipinski definition) is 5. The lowest BCUT2D eigenvalue weighted by molar-refractivity contribution is -0.118. The molecule has 112 valence electrons. The SMILES string of the molecule is COc1ccnc(NC(=O)c2ccc3c(c2)OCC(=O)N3)c1. The molecule has 2 aromatic rings. The Morgan fingerprint density at radius 3 is 3.05 bits per heavy atom. The van der Waals surface area contributed by atoms with Gasteiger partial charge in [0, 0.05) is 17.8 Å². The van der Waals surface area contributed by atoms with Gasteiger partial charge in [-0.15, -0.1) is 0 Å². The fourth-order valence-corrected chi connectivity index (χ4v) is 2.01. The van der Waals surface area contributed by atoms with Gasteiger partial charge in [-0.25, -0.2) is 4.98 Å². The standard InChI is InChI=1S/C15H13N3O4/c1-21-10-4-5-16-13(7-10)18-15(20)9-2-3-11-12(6-9)22-8-14(19)17-11/h2-7H,8H2,1H3,(H,17,19)(H,16,18,20). The van der Waals surface area contributed by atoms with Crippen molar-refractivity contribution in [2.45, 2.75) is 0 Å². The van der Waals surface area contributed by atoms with E-state index in [0.717, 1.165) is 0 Å². The van der Waals surface area contributed by atoms with Crippen LogP contribution in [0, 0.1) is 0 Å². The molecule has 0 fully saturated rings. The zero-order valence-corrected chi connectivity index (χ0v) is 11.8. The van der Waals surface area contributed by atoms with Gasteiger partial charge in [0.1, 0.15) is 17.3 Å². The number of rotatable bonds is 3. The molecule has 3 rings (SSSR count). The number of amides is 2. The average molecular weight is 299 g/mol. The Hall–Kier alpha value is -3.09. The Labute approximate surface area is 126 Å². The first kappa shape index (κ1) is 13.9. The summed E-state index contributed by atoms with van der Waals surface area (Å²) in [6, 6.07) is 8.10. The molecule has 7 nitrogen and oxygen atoms in total. The van der Waals surface area contributed by atoms with Gasteiger partial charge in [0.15, 0.2) is 6.61 Å². The molecule has 0 aliphatic carbocycles. The summed E-state index contributed by atoms with van der Waals surface area (Å²) in [7, 11) is 1.54. The highest BCUT2D eigenvalue weighted by atomic mass is 16.5. The number of carbonyl (C=O) groups is 2. The molecular formula is C15H13N3O4. The molecule has 0 bridgehead atoms. The maximum Gasteiger partial charge on any atom is 0.262 e. The lowest BCUT2D eigenvalue weighted by Gasteiger charge is -2.18. The Bertz CT molecular complexity index is 745. The topological polar surface area (TPSA) is 89.6 Å². The molecule has 22 heavy (non-hydrogen) atoms. The number of nitrogens with one attached hydrogen (secondary N) is 2. The van der Waals surface area contributed by atoms with Crippen molar-refractivity contribution in [1.29, 1.82) is 0 Å². The quantitative estimate of drug-likeness (QED) is 0.900. The Balaban J connectivity index is 1.79. The molecule has 0 atom stereocenters. The van der Waals surface area contributed by atoms with Crippen LogP contribution in [0.15, 0.2) is 36.5 Å². The van der Waals surface area contributed by atoms with E-state index >= 15 is 0 Å². The number of aromatic nitrogens is 1. The number of hydrogen-bond donors (Lipinski definition) is 2. The lowest BCUT2D eigenvalue weighted by atomic mass is 10.1. The molecule has 1 aliphatic heterocycles. The van der Waals surface area contributed by atoms with Crippen molar-refractivity contribution in [3.05, 3.63) is 42.1 Å². The number of nitrogens with zero attached hydrogens (tertiary/aromatic N) is 1. The first-order chi connectivity index (χ1) is 10.7. The monoisotopic (exact) mass is 299 g/mol. The highest BCUT2D eigenvalue weighted by molar-refractivity contribution is 6.05. The fourth-order valence-electron chi connectivity index (χ4n) is 2.01. The number of pyridine rings is 1. The van der Waals surface area contributed by atoms with Crippen molar-refractivity contribution in [1.82, 2.24) is 4.98 Å². The normalized spacial score (nSPS) is 12.7. The van der Waals surface area contributed by atoms with E-state index in [0.29, 0.717) is 28.6 Å². The van der Waals surface area contributed by atoms with Crippen LogP contribution in [0.5, 0.6) is 11.5 Å². The Kier molecular flexibility index (Phi) is 3.61. The molecule has 0 unspecified atom stereocenters. The minimum atomic E-state index is -0.330. The van der Waals surface area contributed by atoms with Crippen molar-refractivity contribution in [2.75, 3.05) is 24.4 Å². The van der Waals surface area contributed by atoms with Gasteiger partial charge in [-0.05, 0) is 24.3 Å². The zero-order chi connectivity index (χ0) is 15.5. The predicted molar refractivity (Wildman–Crippen MR) is 79.3 cm³/mol. The molecule has 0 saturated carbocycles. The highest BCUT2D eigenvalue weighted by Crippen LogP contribution is 2.28.